The van der Waals surface area contributed by atoms with Crippen LogP contribution in [-0.2, 0) is 15.2 Å². The summed E-state index contributed by atoms with van der Waals surface area (Å²) in [5.74, 6) is -0.902. The van der Waals surface area contributed by atoms with Gasteiger partial charge in [0, 0.05) is 5.75 Å². The molecule has 5 heteroatoms. The van der Waals surface area contributed by atoms with Crippen molar-refractivity contribution < 1.29 is 14.7 Å². The molecule has 0 heterocycles. The van der Waals surface area contributed by atoms with E-state index in [0.29, 0.717) is 0 Å². The molecule has 0 aliphatic rings. The number of carbonyl (C=O) groups is 1. The van der Waals surface area contributed by atoms with Crippen LogP contribution in [-0.4, -0.2) is 35.0 Å². The molecule has 4 nitrogen and oxygen atoms in total. The zero-order valence-corrected chi connectivity index (χ0v) is 16.5. The van der Waals surface area contributed by atoms with Crippen molar-refractivity contribution in [3.05, 3.63) is 108 Å². The van der Waals surface area contributed by atoms with Crippen LogP contribution >= 0.6 is 12.6 Å². The maximum atomic E-state index is 12.1. The zero-order valence-electron chi connectivity index (χ0n) is 15.6. The highest BCUT2D eigenvalue weighted by Gasteiger charge is 2.47. The first-order valence-electron chi connectivity index (χ1n) is 9.00. The monoisotopic (exact) mass is 393 g/mol. The van der Waals surface area contributed by atoms with Gasteiger partial charge in [0.2, 0.25) is 0 Å². The number of benzene rings is 3. The highest BCUT2D eigenvalue weighted by molar-refractivity contribution is 7.80. The number of nitrogens with zero attached hydrogens (tertiary/aromatic N) is 1. The van der Waals surface area contributed by atoms with E-state index in [1.807, 2.05) is 91.0 Å². The molecule has 0 fully saturated rings. The number of rotatable bonds is 8. The average Bonchev–Trinajstić information content (AvgIpc) is 2.75. The van der Waals surface area contributed by atoms with Crippen LogP contribution in [0.4, 0.5) is 0 Å². The van der Waals surface area contributed by atoms with Crippen LogP contribution in [0.2, 0.25) is 0 Å². The van der Waals surface area contributed by atoms with Gasteiger partial charge in [-0.25, -0.2) is 0 Å². The highest BCUT2D eigenvalue weighted by Crippen LogP contribution is 2.43. The first-order chi connectivity index (χ1) is 13.7. The molecule has 3 aromatic rings. The van der Waals surface area contributed by atoms with Gasteiger partial charge in [0.1, 0.15) is 11.6 Å². The molecule has 28 heavy (non-hydrogen) atoms. The van der Waals surface area contributed by atoms with E-state index in [-0.39, 0.29) is 5.75 Å². The Morgan fingerprint density at radius 1 is 0.893 bits per heavy atom. The molecule has 144 valence electrons. The third-order valence-electron chi connectivity index (χ3n) is 4.84. The van der Waals surface area contributed by atoms with E-state index in [0.717, 1.165) is 16.7 Å². The zero-order chi connectivity index (χ0) is 20.0. The third kappa shape index (κ3) is 3.56. The number of thiol groups is 1. The van der Waals surface area contributed by atoms with Crippen molar-refractivity contribution in [2.45, 2.75) is 11.6 Å². The van der Waals surface area contributed by atoms with Crippen molar-refractivity contribution in [3.63, 3.8) is 0 Å². The van der Waals surface area contributed by atoms with Crippen LogP contribution in [0.15, 0.2) is 91.0 Å². The fraction of sp³-hybridized carbons (Fsp3) is 0.174. The molecule has 0 radical (unpaired) electrons. The van der Waals surface area contributed by atoms with Crippen LogP contribution in [0, 0.1) is 0 Å². The van der Waals surface area contributed by atoms with Crippen molar-refractivity contribution in [2.75, 3.05) is 12.9 Å². The van der Waals surface area contributed by atoms with Gasteiger partial charge in [-0.1, -0.05) is 91.0 Å². The molecule has 0 unspecified atom stereocenters. The first-order valence-corrected chi connectivity index (χ1v) is 9.63. The fourth-order valence-electron chi connectivity index (χ4n) is 3.67. The Morgan fingerprint density at radius 3 is 1.50 bits per heavy atom. The molecule has 0 aromatic heterocycles. The number of aliphatic carboxylic acids is 1. The Bertz CT molecular complexity index is 791. The molecule has 1 N–H and O–H groups in total. The number of carboxylic acid groups (broad SMARTS) is 1. The molecule has 0 aliphatic heterocycles. The Morgan fingerprint density at radius 2 is 1.25 bits per heavy atom. The summed E-state index contributed by atoms with van der Waals surface area (Å²) in [6.45, 7) is 0. The topological polar surface area (TPSA) is 49.8 Å². The molecule has 0 aliphatic carbocycles. The van der Waals surface area contributed by atoms with Gasteiger partial charge in [-0.3, -0.25) is 9.63 Å². The van der Waals surface area contributed by atoms with E-state index in [2.05, 4.69) is 12.6 Å². The largest absolute Gasteiger partial charge is 0.480 e. The molecule has 3 rings (SSSR count). The van der Waals surface area contributed by atoms with Gasteiger partial charge in [0.05, 0.1) is 7.11 Å². The van der Waals surface area contributed by atoms with E-state index in [9.17, 15) is 9.90 Å². The summed E-state index contributed by atoms with van der Waals surface area (Å²) in [6, 6.07) is 28.5. The maximum Gasteiger partial charge on any atom is 0.324 e. The molecule has 1 atom stereocenters. The van der Waals surface area contributed by atoms with Crippen molar-refractivity contribution in [2.24, 2.45) is 0 Å². The molecule has 0 spiro atoms. The van der Waals surface area contributed by atoms with Gasteiger partial charge in [-0.05, 0) is 16.7 Å². The third-order valence-corrected chi connectivity index (χ3v) is 5.19. The van der Waals surface area contributed by atoms with Crippen LogP contribution in [0.3, 0.4) is 0 Å². The van der Waals surface area contributed by atoms with Crippen LogP contribution < -0.4 is 0 Å². The minimum atomic E-state index is -0.996. The number of hydrogen-bond acceptors (Lipinski definition) is 4. The number of hydrogen-bond donors (Lipinski definition) is 2. The van der Waals surface area contributed by atoms with E-state index in [1.54, 1.807) is 5.06 Å². The first kappa shape index (κ1) is 20.1. The van der Waals surface area contributed by atoms with Crippen LogP contribution in [0.5, 0.6) is 0 Å². The SMILES string of the molecule is CON([C@H](CS)C(=O)O)C(c1ccccc1)(c1ccccc1)c1ccccc1. The van der Waals surface area contributed by atoms with Crippen LogP contribution in [0.25, 0.3) is 0 Å². The van der Waals surface area contributed by atoms with Gasteiger partial charge in [0.25, 0.3) is 0 Å². The minimum absolute atomic E-state index is 0.0947. The average molecular weight is 394 g/mol. The molecule has 3 aromatic carbocycles. The molecular formula is C23H23NO3S. The summed E-state index contributed by atoms with van der Waals surface area (Å²) < 4.78 is 0. The van der Waals surface area contributed by atoms with Crippen molar-refractivity contribution >= 4 is 18.6 Å². The molecule has 0 amide bonds. The predicted octanol–water partition coefficient (Wildman–Crippen LogP) is 4.22. The smallest absolute Gasteiger partial charge is 0.324 e. The van der Waals surface area contributed by atoms with E-state index in [1.165, 1.54) is 7.11 Å². The molecule has 0 saturated carbocycles. The maximum absolute atomic E-state index is 12.1. The normalized spacial score (nSPS) is 12.7. The Balaban J connectivity index is 2.41. The standard InChI is InChI=1S/C23H23NO3S/c1-27-24(21(17-28)22(25)26)23(18-11-5-2-6-12-18,19-13-7-3-8-14-19)20-15-9-4-10-16-20/h2-16,21,28H,17H2,1H3,(H,25,26)/t21-/m1/s1. The summed E-state index contributed by atoms with van der Waals surface area (Å²) in [4.78, 5) is 17.9. The van der Waals surface area contributed by atoms with Crippen molar-refractivity contribution in [1.29, 1.82) is 0 Å². The predicted molar refractivity (Wildman–Crippen MR) is 113 cm³/mol. The molecular weight excluding hydrogens is 370 g/mol. The van der Waals surface area contributed by atoms with Gasteiger partial charge in [0.15, 0.2) is 0 Å². The van der Waals surface area contributed by atoms with E-state index in [4.69, 9.17) is 4.84 Å². The number of hydroxylamine groups is 2. The fourth-order valence-corrected chi connectivity index (χ4v) is 3.97. The lowest BCUT2D eigenvalue weighted by atomic mass is 9.76. The van der Waals surface area contributed by atoms with E-state index < -0.39 is 17.6 Å². The Labute approximate surface area is 170 Å². The van der Waals surface area contributed by atoms with Gasteiger partial charge in [-0.15, -0.1) is 0 Å². The molecule has 0 saturated heterocycles. The Kier molecular flexibility index (Phi) is 6.52. The van der Waals surface area contributed by atoms with Crippen molar-refractivity contribution in [3.8, 4) is 0 Å². The lowest BCUT2D eigenvalue weighted by Crippen LogP contribution is -2.55. The lowest BCUT2D eigenvalue weighted by molar-refractivity contribution is -0.213. The Hall–Kier alpha value is -2.60. The molecule has 0 bridgehead atoms. The van der Waals surface area contributed by atoms with E-state index >= 15 is 0 Å². The minimum Gasteiger partial charge on any atom is -0.480 e. The van der Waals surface area contributed by atoms with Gasteiger partial charge in [-0.2, -0.15) is 17.7 Å². The highest BCUT2D eigenvalue weighted by atomic mass is 32.1. The summed E-state index contributed by atoms with van der Waals surface area (Å²) in [5.41, 5.74) is 1.75. The van der Waals surface area contributed by atoms with Gasteiger partial charge < -0.3 is 5.11 Å². The van der Waals surface area contributed by atoms with Crippen LogP contribution in [0.1, 0.15) is 16.7 Å². The van der Waals surface area contributed by atoms with Gasteiger partial charge >= 0.3 is 5.97 Å². The second-order valence-electron chi connectivity index (χ2n) is 6.35. The second-order valence-corrected chi connectivity index (χ2v) is 6.72. The quantitative estimate of drug-likeness (QED) is 0.342. The summed E-state index contributed by atoms with van der Waals surface area (Å²) >= 11 is 4.31. The number of carboxylic acids is 1. The van der Waals surface area contributed by atoms with Crippen molar-refractivity contribution in [1.82, 2.24) is 5.06 Å². The summed E-state index contributed by atoms with van der Waals surface area (Å²) in [5, 5.41) is 11.5. The summed E-state index contributed by atoms with van der Waals surface area (Å²) in [6.07, 6.45) is 0. The second kappa shape index (κ2) is 9.06. The summed E-state index contributed by atoms with van der Waals surface area (Å²) in [7, 11) is 1.50. The lowest BCUT2D eigenvalue weighted by Gasteiger charge is -2.45.